The van der Waals surface area contributed by atoms with Crippen molar-refractivity contribution in [3.8, 4) is 0 Å². The summed E-state index contributed by atoms with van der Waals surface area (Å²) in [7, 11) is 0. The van der Waals surface area contributed by atoms with E-state index in [1.807, 2.05) is 4.90 Å². The Morgan fingerprint density at radius 1 is 1.54 bits per heavy atom. The zero-order valence-electron chi connectivity index (χ0n) is 8.25. The van der Waals surface area contributed by atoms with Crippen LogP contribution in [0.2, 0.25) is 0 Å². The van der Waals surface area contributed by atoms with Crippen molar-refractivity contribution in [2.75, 3.05) is 26.2 Å². The van der Waals surface area contributed by atoms with Crippen molar-refractivity contribution in [1.29, 1.82) is 0 Å². The Balaban J connectivity index is 1.76. The van der Waals surface area contributed by atoms with Gasteiger partial charge in [-0.3, -0.25) is 4.79 Å². The summed E-state index contributed by atoms with van der Waals surface area (Å²) in [6, 6.07) is 0. The summed E-state index contributed by atoms with van der Waals surface area (Å²) < 4.78 is 0. The second-order valence-electron chi connectivity index (χ2n) is 4.46. The van der Waals surface area contributed by atoms with Gasteiger partial charge in [0.1, 0.15) is 0 Å². The molecule has 0 radical (unpaired) electrons. The average Bonchev–Trinajstić information content (AvgIpc) is 2.44. The van der Waals surface area contributed by atoms with Crippen LogP contribution in [0, 0.1) is 11.8 Å². The van der Waals surface area contributed by atoms with Gasteiger partial charge < -0.3 is 10.2 Å². The molecule has 2 rings (SSSR count). The van der Waals surface area contributed by atoms with Crippen LogP contribution in [0.4, 0.5) is 0 Å². The van der Waals surface area contributed by atoms with Gasteiger partial charge in [-0.15, -0.1) is 0 Å². The van der Waals surface area contributed by atoms with Gasteiger partial charge in [0.25, 0.3) is 0 Å². The third-order valence-electron chi connectivity index (χ3n) is 3.11. The van der Waals surface area contributed by atoms with Crippen molar-refractivity contribution in [1.82, 2.24) is 10.2 Å². The first-order valence-electron chi connectivity index (χ1n) is 5.24. The molecule has 2 heterocycles. The Kier molecular flexibility index (Phi) is 2.54. The lowest BCUT2D eigenvalue weighted by atomic mass is 9.99. The average molecular weight is 182 g/mol. The van der Waals surface area contributed by atoms with Crippen molar-refractivity contribution in [3.05, 3.63) is 0 Å². The highest BCUT2D eigenvalue weighted by Gasteiger charge is 2.27. The Labute approximate surface area is 79.5 Å². The van der Waals surface area contributed by atoms with Crippen LogP contribution in [-0.2, 0) is 4.79 Å². The summed E-state index contributed by atoms with van der Waals surface area (Å²) in [4.78, 5) is 13.7. The number of hydrogen-bond acceptors (Lipinski definition) is 2. The molecule has 1 amide bonds. The predicted octanol–water partition coefficient (Wildman–Crippen LogP) is 0.464. The molecule has 0 aromatic carbocycles. The maximum Gasteiger partial charge on any atom is 0.222 e. The normalized spacial score (nSPS) is 29.0. The number of likely N-dealkylation sites (tertiary alicyclic amines) is 1. The van der Waals surface area contributed by atoms with Crippen LogP contribution in [0.15, 0.2) is 0 Å². The van der Waals surface area contributed by atoms with Crippen LogP contribution in [0.3, 0.4) is 0 Å². The summed E-state index contributed by atoms with van der Waals surface area (Å²) in [5, 5.41) is 3.20. The first-order valence-corrected chi connectivity index (χ1v) is 5.24. The minimum atomic E-state index is 0.371. The molecule has 13 heavy (non-hydrogen) atoms. The molecule has 0 aromatic heterocycles. The van der Waals surface area contributed by atoms with Gasteiger partial charge in [0.05, 0.1) is 0 Å². The number of nitrogens with one attached hydrogen (secondary N) is 1. The van der Waals surface area contributed by atoms with Gasteiger partial charge in [0.15, 0.2) is 0 Å². The van der Waals surface area contributed by atoms with Crippen LogP contribution in [-0.4, -0.2) is 37.0 Å². The van der Waals surface area contributed by atoms with E-state index in [1.54, 1.807) is 0 Å². The number of hydrogen-bond donors (Lipinski definition) is 1. The Bertz CT molecular complexity index is 201. The summed E-state index contributed by atoms with van der Waals surface area (Å²) in [6.07, 6.45) is 1.95. The van der Waals surface area contributed by atoms with Crippen LogP contribution in [0.1, 0.15) is 19.8 Å². The van der Waals surface area contributed by atoms with Crippen molar-refractivity contribution in [3.63, 3.8) is 0 Å². The topological polar surface area (TPSA) is 32.3 Å². The molecule has 3 nitrogen and oxygen atoms in total. The Morgan fingerprint density at radius 3 is 2.77 bits per heavy atom. The van der Waals surface area contributed by atoms with Gasteiger partial charge in [0.2, 0.25) is 5.91 Å². The molecule has 1 N–H and O–H groups in total. The summed E-state index contributed by atoms with van der Waals surface area (Å²) in [6.45, 7) is 6.27. The van der Waals surface area contributed by atoms with E-state index in [9.17, 15) is 4.79 Å². The number of carbonyl (C=O) groups is 1. The van der Waals surface area contributed by atoms with E-state index in [0.29, 0.717) is 17.7 Å². The van der Waals surface area contributed by atoms with Gasteiger partial charge in [0, 0.05) is 19.5 Å². The van der Waals surface area contributed by atoms with Crippen molar-refractivity contribution < 1.29 is 4.79 Å². The molecule has 1 unspecified atom stereocenters. The van der Waals surface area contributed by atoms with E-state index in [-0.39, 0.29) is 0 Å². The van der Waals surface area contributed by atoms with Crippen molar-refractivity contribution in [2.24, 2.45) is 11.8 Å². The van der Waals surface area contributed by atoms with E-state index in [0.717, 1.165) is 32.6 Å². The largest absolute Gasteiger partial charge is 0.342 e. The highest BCUT2D eigenvalue weighted by molar-refractivity contribution is 5.76. The number of rotatable bonds is 2. The van der Waals surface area contributed by atoms with E-state index in [1.165, 1.54) is 6.42 Å². The molecule has 0 aromatic rings. The maximum atomic E-state index is 11.7. The quantitative estimate of drug-likeness (QED) is 0.673. The summed E-state index contributed by atoms with van der Waals surface area (Å²) >= 11 is 0. The highest BCUT2D eigenvalue weighted by atomic mass is 16.2. The molecule has 0 aliphatic carbocycles. The van der Waals surface area contributed by atoms with Gasteiger partial charge in [-0.1, -0.05) is 6.92 Å². The number of amides is 1. The fourth-order valence-electron chi connectivity index (χ4n) is 2.03. The summed E-state index contributed by atoms with van der Waals surface area (Å²) in [5.41, 5.74) is 0. The first kappa shape index (κ1) is 9.00. The lowest BCUT2D eigenvalue weighted by molar-refractivity contribution is -0.131. The zero-order chi connectivity index (χ0) is 9.26. The molecule has 0 spiro atoms. The second-order valence-corrected chi connectivity index (χ2v) is 4.46. The smallest absolute Gasteiger partial charge is 0.222 e. The van der Waals surface area contributed by atoms with E-state index in [4.69, 9.17) is 0 Å². The SMILES string of the molecule is CC1CCN(C(=O)CC2CNC2)C1. The number of nitrogens with zero attached hydrogens (tertiary/aromatic N) is 1. The molecule has 3 heteroatoms. The fraction of sp³-hybridized carbons (Fsp3) is 0.900. The minimum absolute atomic E-state index is 0.371. The lowest BCUT2D eigenvalue weighted by Crippen LogP contribution is -2.45. The van der Waals surface area contributed by atoms with Gasteiger partial charge in [-0.05, 0) is 31.3 Å². The standard InChI is InChI=1S/C10H18N2O/c1-8-2-3-12(7-8)10(13)4-9-5-11-6-9/h8-9,11H,2-7H2,1H3. The van der Waals surface area contributed by atoms with Gasteiger partial charge in [-0.2, -0.15) is 0 Å². The maximum absolute atomic E-state index is 11.7. The Morgan fingerprint density at radius 2 is 2.31 bits per heavy atom. The van der Waals surface area contributed by atoms with E-state index < -0.39 is 0 Å². The third kappa shape index (κ3) is 2.02. The molecule has 2 fully saturated rings. The molecule has 2 aliphatic rings. The van der Waals surface area contributed by atoms with Crippen LogP contribution < -0.4 is 5.32 Å². The van der Waals surface area contributed by atoms with Crippen LogP contribution in [0.25, 0.3) is 0 Å². The predicted molar refractivity (Wildman–Crippen MR) is 51.3 cm³/mol. The first-order chi connectivity index (χ1) is 6.25. The van der Waals surface area contributed by atoms with Crippen molar-refractivity contribution in [2.45, 2.75) is 19.8 Å². The molecule has 2 saturated heterocycles. The highest BCUT2D eigenvalue weighted by Crippen LogP contribution is 2.18. The fourth-order valence-corrected chi connectivity index (χ4v) is 2.03. The van der Waals surface area contributed by atoms with Gasteiger partial charge >= 0.3 is 0 Å². The molecule has 74 valence electrons. The molecular weight excluding hydrogens is 164 g/mol. The van der Waals surface area contributed by atoms with Crippen LogP contribution >= 0.6 is 0 Å². The van der Waals surface area contributed by atoms with E-state index >= 15 is 0 Å². The zero-order valence-corrected chi connectivity index (χ0v) is 8.25. The van der Waals surface area contributed by atoms with Crippen molar-refractivity contribution >= 4 is 5.91 Å². The van der Waals surface area contributed by atoms with Gasteiger partial charge in [-0.25, -0.2) is 0 Å². The minimum Gasteiger partial charge on any atom is -0.342 e. The number of carbonyl (C=O) groups excluding carboxylic acids is 1. The lowest BCUT2D eigenvalue weighted by Gasteiger charge is -2.28. The summed E-state index contributed by atoms with van der Waals surface area (Å²) in [5.74, 6) is 1.70. The molecule has 0 bridgehead atoms. The third-order valence-corrected chi connectivity index (χ3v) is 3.11. The molecule has 0 saturated carbocycles. The molecule has 1 atom stereocenters. The Hall–Kier alpha value is -0.570. The van der Waals surface area contributed by atoms with Crippen LogP contribution in [0.5, 0.6) is 0 Å². The molecule has 2 aliphatic heterocycles. The van der Waals surface area contributed by atoms with E-state index in [2.05, 4.69) is 12.2 Å². The second kappa shape index (κ2) is 3.66. The monoisotopic (exact) mass is 182 g/mol. The molecular formula is C10H18N2O.